The van der Waals surface area contributed by atoms with Gasteiger partial charge >= 0.3 is 0 Å². The molecular formula is C14H15F2NS. The predicted molar refractivity (Wildman–Crippen MR) is 72.1 cm³/mol. The van der Waals surface area contributed by atoms with Crippen molar-refractivity contribution in [2.24, 2.45) is 0 Å². The molecule has 2 rings (SSSR count). The van der Waals surface area contributed by atoms with Gasteiger partial charge in [-0.1, -0.05) is 6.92 Å². The standard InChI is InChI=1S/C14H15F2NS/c1-3-13-4-5-14(18-13)9(2)17-12-7-10(15)6-11(16)8-12/h4-9,17H,3H2,1-2H3. The molecule has 1 heterocycles. The molecule has 0 bridgehead atoms. The Morgan fingerprint density at radius 3 is 2.39 bits per heavy atom. The van der Waals surface area contributed by atoms with Gasteiger partial charge in [0, 0.05) is 21.5 Å². The lowest BCUT2D eigenvalue weighted by Crippen LogP contribution is -2.05. The monoisotopic (exact) mass is 267 g/mol. The van der Waals surface area contributed by atoms with E-state index in [1.54, 1.807) is 11.3 Å². The van der Waals surface area contributed by atoms with Crippen LogP contribution in [0, 0.1) is 11.6 Å². The molecule has 4 heteroatoms. The van der Waals surface area contributed by atoms with Crippen LogP contribution in [0.2, 0.25) is 0 Å². The second kappa shape index (κ2) is 5.48. The summed E-state index contributed by atoms with van der Waals surface area (Å²) in [5.74, 6) is -1.13. The number of halogens is 2. The summed E-state index contributed by atoms with van der Waals surface area (Å²) in [5, 5.41) is 3.11. The first kappa shape index (κ1) is 13.0. The van der Waals surface area contributed by atoms with Gasteiger partial charge in [-0.15, -0.1) is 11.3 Å². The summed E-state index contributed by atoms with van der Waals surface area (Å²) in [6.07, 6.45) is 1.01. The molecule has 0 radical (unpaired) electrons. The minimum absolute atomic E-state index is 0.0384. The van der Waals surface area contributed by atoms with Gasteiger partial charge in [0.1, 0.15) is 11.6 Å². The van der Waals surface area contributed by atoms with Gasteiger partial charge in [-0.05, 0) is 37.6 Å². The van der Waals surface area contributed by atoms with E-state index < -0.39 is 11.6 Å². The van der Waals surface area contributed by atoms with Crippen LogP contribution in [0.25, 0.3) is 0 Å². The van der Waals surface area contributed by atoms with E-state index >= 15 is 0 Å². The number of aryl methyl sites for hydroxylation is 1. The van der Waals surface area contributed by atoms with E-state index in [4.69, 9.17) is 0 Å². The molecule has 96 valence electrons. The molecule has 1 atom stereocenters. The zero-order chi connectivity index (χ0) is 13.1. The lowest BCUT2D eigenvalue weighted by molar-refractivity contribution is 0.583. The molecule has 1 nitrogen and oxygen atoms in total. The van der Waals surface area contributed by atoms with Crippen LogP contribution < -0.4 is 5.32 Å². The number of hydrogen-bond acceptors (Lipinski definition) is 2. The van der Waals surface area contributed by atoms with Gasteiger partial charge in [0.25, 0.3) is 0 Å². The van der Waals surface area contributed by atoms with Gasteiger partial charge in [0.05, 0.1) is 6.04 Å². The van der Waals surface area contributed by atoms with Crippen LogP contribution in [0.4, 0.5) is 14.5 Å². The van der Waals surface area contributed by atoms with Crippen molar-refractivity contribution in [2.75, 3.05) is 5.32 Å². The molecule has 0 spiro atoms. The molecule has 1 aromatic heterocycles. The number of anilines is 1. The van der Waals surface area contributed by atoms with Crippen LogP contribution in [0.5, 0.6) is 0 Å². The number of hydrogen-bond donors (Lipinski definition) is 1. The third-order valence-corrected chi connectivity index (χ3v) is 4.12. The Kier molecular flexibility index (Phi) is 3.97. The highest BCUT2D eigenvalue weighted by molar-refractivity contribution is 7.12. The van der Waals surface area contributed by atoms with Gasteiger partial charge in [-0.2, -0.15) is 0 Å². The van der Waals surface area contributed by atoms with E-state index in [1.165, 1.54) is 17.0 Å². The Morgan fingerprint density at radius 2 is 1.83 bits per heavy atom. The second-order valence-electron chi connectivity index (χ2n) is 4.18. The Labute approximate surface area is 109 Å². The molecule has 1 N–H and O–H groups in total. The molecular weight excluding hydrogens is 252 g/mol. The largest absolute Gasteiger partial charge is 0.378 e. The van der Waals surface area contributed by atoms with Crippen molar-refractivity contribution in [1.82, 2.24) is 0 Å². The molecule has 2 aromatic rings. The average molecular weight is 267 g/mol. The molecule has 1 aromatic carbocycles. The van der Waals surface area contributed by atoms with Crippen LogP contribution in [0.3, 0.4) is 0 Å². The van der Waals surface area contributed by atoms with E-state index in [1.807, 2.05) is 6.92 Å². The first-order valence-electron chi connectivity index (χ1n) is 5.89. The fraction of sp³-hybridized carbons (Fsp3) is 0.286. The third kappa shape index (κ3) is 3.07. The summed E-state index contributed by atoms with van der Waals surface area (Å²) in [6, 6.07) is 7.65. The molecule has 0 amide bonds. The van der Waals surface area contributed by atoms with E-state index in [9.17, 15) is 8.78 Å². The van der Waals surface area contributed by atoms with Gasteiger partial charge in [-0.25, -0.2) is 8.78 Å². The molecule has 0 saturated heterocycles. The quantitative estimate of drug-likeness (QED) is 0.842. The fourth-order valence-corrected chi connectivity index (χ4v) is 2.73. The first-order chi connectivity index (χ1) is 8.58. The molecule has 0 fully saturated rings. The van der Waals surface area contributed by atoms with Crippen molar-refractivity contribution < 1.29 is 8.78 Å². The normalized spacial score (nSPS) is 12.4. The Hall–Kier alpha value is -1.42. The van der Waals surface area contributed by atoms with Crippen LogP contribution in [-0.2, 0) is 6.42 Å². The van der Waals surface area contributed by atoms with Crippen molar-refractivity contribution in [3.63, 3.8) is 0 Å². The fourth-order valence-electron chi connectivity index (χ4n) is 1.78. The molecule has 0 saturated carbocycles. The van der Waals surface area contributed by atoms with Crippen LogP contribution in [-0.4, -0.2) is 0 Å². The maximum absolute atomic E-state index is 13.1. The highest BCUT2D eigenvalue weighted by atomic mass is 32.1. The Morgan fingerprint density at radius 1 is 1.17 bits per heavy atom. The van der Waals surface area contributed by atoms with Crippen molar-refractivity contribution in [3.05, 3.63) is 51.7 Å². The minimum atomic E-state index is -0.565. The Balaban J connectivity index is 2.12. The molecule has 1 unspecified atom stereocenters. The smallest absolute Gasteiger partial charge is 0.128 e. The van der Waals surface area contributed by atoms with Crippen molar-refractivity contribution in [1.29, 1.82) is 0 Å². The van der Waals surface area contributed by atoms with E-state index in [2.05, 4.69) is 24.4 Å². The zero-order valence-corrected chi connectivity index (χ0v) is 11.2. The second-order valence-corrected chi connectivity index (χ2v) is 5.38. The predicted octanol–water partition coefficient (Wildman–Crippen LogP) is 4.76. The van der Waals surface area contributed by atoms with Gasteiger partial charge in [0.2, 0.25) is 0 Å². The SMILES string of the molecule is CCc1ccc(C(C)Nc2cc(F)cc(F)c2)s1. The van der Waals surface area contributed by atoms with Gasteiger partial charge in [-0.3, -0.25) is 0 Å². The number of thiophene rings is 1. The van der Waals surface area contributed by atoms with Crippen LogP contribution in [0.15, 0.2) is 30.3 Å². The van der Waals surface area contributed by atoms with Gasteiger partial charge in [0.15, 0.2) is 0 Å². The number of nitrogens with one attached hydrogen (secondary N) is 1. The summed E-state index contributed by atoms with van der Waals surface area (Å²) in [4.78, 5) is 2.47. The average Bonchev–Trinajstić information content (AvgIpc) is 2.75. The van der Waals surface area contributed by atoms with E-state index in [0.29, 0.717) is 5.69 Å². The summed E-state index contributed by atoms with van der Waals surface area (Å²) in [6.45, 7) is 4.09. The molecule has 18 heavy (non-hydrogen) atoms. The van der Waals surface area contributed by atoms with Crippen molar-refractivity contribution in [3.8, 4) is 0 Å². The van der Waals surface area contributed by atoms with Crippen LogP contribution >= 0.6 is 11.3 Å². The lowest BCUT2D eigenvalue weighted by Gasteiger charge is -2.13. The van der Waals surface area contributed by atoms with Crippen molar-refractivity contribution in [2.45, 2.75) is 26.3 Å². The highest BCUT2D eigenvalue weighted by Gasteiger charge is 2.09. The third-order valence-electron chi connectivity index (χ3n) is 2.70. The summed E-state index contributed by atoms with van der Waals surface area (Å²) in [5.41, 5.74) is 0.464. The lowest BCUT2D eigenvalue weighted by atomic mass is 10.2. The summed E-state index contributed by atoms with van der Waals surface area (Å²) < 4.78 is 26.1. The number of benzene rings is 1. The molecule has 0 aliphatic heterocycles. The van der Waals surface area contributed by atoms with E-state index in [-0.39, 0.29) is 6.04 Å². The maximum atomic E-state index is 13.1. The summed E-state index contributed by atoms with van der Waals surface area (Å²) in [7, 11) is 0. The highest BCUT2D eigenvalue weighted by Crippen LogP contribution is 2.27. The van der Waals surface area contributed by atoms with Crippen molar-refractivity contribution >= 4 is 17.0 Å². The van der Waals surface area contributed by atoms with E-state index in [0.717, 1.165) is 17.4 Å². The zero-order valence-electron chi connectivity index (χ0n) is 10.3. The van der Waals surface area contributed by atoms with Crippen LogP contribution in [0.1, 0.15) is 29.6 Å². The topological polar surface area (TPSA) is 12.0 Å². The first-order valence-corrected chi connectivity index (χ1v) is 6.71. The minimum Gasteiger partial charge on any atom is -0.378 e. The maximum Gasteiger partial charge on any atom is 0.128 e. The Bertz CT molecular complexity index is 516. The molecule has 0 aliphatic carbocycles. The van der Waals surface area contributed by atoms with Gasteiger partial charge < -0.3 is 5.32 Å². The molecule has 0 aliphatic rings. The summed E-state index contributed by atoms with van der Waals surface area (Å²) >= 11 is 1.72. The number of rotatable bonds is 4.